The van der Waals surface area contributed by atoms with Crippen LogP contribution in [0.25, 0.3) is 22.1 Å². The molecule has 0 fully saturated rings. The molecule has 0 spiro atoms. The zero-order chi connectivity index (χ0) is 17.8. The molecule has 3 aromatic rings. The van der Waals surface area contributed by atoms with Gasteiger partial charge in [-0.05, 0) is 44.4 Å². The summed E-state index contributed by atoms with van der Waals surface area (Å²) in [6.45, 7) is 12.2. The van der Waals surface area contributed by atoms with E-state index in [0.29, 0.717) is 11.6 Å². The van der Waals surface area contributed by atoms with E-state index in [0.717, 1.165) is 28.6 Å². The van der Waals surface area contributed by atoms with Crippen molar-refractivity contribution in [2.24, 2.45) is 5.92 Å². The zero-order valence-corrected chi connectivity index (χ0v) is 15.6. The minimum absolute atomic E-state index is 0.143. The number of hydrogen-bond acceptors (Lipinski definition) is 4. The highest BCUT2D eigenvalue weighted by molar-refractivity contribution is 6.08. The Kier molecular flexibility index (Phi) is 3.53. The molecule has 0 atom stereocenters. The number of nitrogens with zero attached hydrogens (tertiary/aromatic N) is 3. The summed E-state index contributed by atoms with van der Waals surface area (Å²) in [4.78, 5) is 9.12. The normalized spacial score (nSPS) is 16.7. The van der Waals surface area contributed by atoms with Gasteiger partial charge in [-0.25, -0.2) is 4.98 Å². The summed E-state index contributed by atoms with van der Waals surface area (Å²) in [5.74, 6) is 0.608. The van der Waals surface area contributed by atoms with Gasteiger partial charge in [-0.2, -0.15) is 0 Å². The van der Waals surface area contributed by atoms with E-state index in [4.69, 9.17) is 4.42 Å². The molecule has 0 amide bonds. The molecule has 25 heavy (non-hydrogen) atoms. The standard InChI is InChI=1S/C21H25N3O/c1-14(2)13-23-11-12-24(21(23,4)5)18-15(3)8-9-16-17-7-6-10-22-20(17)25-19(16)18/h6-12,14H,13H2,1-5H3. The summed E-state index contributed by atoms with van der Waals surface area (Å²) in [6.07, 6.45) is 6.14. The Bertz CT molecular complexity index is 968. The Morgan fingerprint density at radius 3 is 2.68 bits per heavy atom. The van der Waals surface area contributed by atoms with E-state index >= 15 is 0 Å². The first-order valence-corrected chi connectivity index (χ1v) is 8.91. The van der Waals surface area contributed by atoms with Crippen LogP contribution in [0.5, 0.6) is 0 Å². The van der Waals surface area contributed by atoms with E-state index in [-0.39, 0.29) is 5.66 Å². The first-order chi connectivity index (χ1) is 11.9. The summed E-state index contributed by atoms with van der Waals surface area (Å²) in [6, 6.07) is 8.35. The lowest BCUT2D eigenvalue weighted by Gasteiger charge is -2.41. The SMILES string of the molecule is Cc1ccc2c(oc3ncccc32)c1N1C=CN(CC(C)C)C1(C)C. The number of pyridine rings is 1. The predicted octanol–water partition coefficient (Wildman–Crippen LogP) is 5.27. The Morgan fingerprint density at radius 2 is 1.92 bits per heavy atom. The quantitative estimate of drug-likeness (QED) is 0.652. The minimum atomic E-state index is -0.143. The van der Waals surface area contributed by atoms with Crippen LogP contribution in [0.3, 0.4) is 0 Å². The Hall–Kier alpha value is -2.49. The largest absolute Gasteiger partial charge is 0.435 e. The van der Waals surface area contributed by atoms with Gasteiger partial charge in [0.1, 0.15) is 5.66 Å². The summed E-state index contributed by atoms with van der Waals surface area (Å²) in [5.41, 5.74) is 3.80. The van der Waals surface area contributed by atoms with Crippen LogP contribution in [0.15, 0.2) is 47.3 Å². The van der Waals surface area contributed by atoms with Crippen molar-refractivity contribution in [1.29, 1.82) is 0 Å². The van der Waals surface area contributed by atoms with Crippen molar-refractivity contribution in [2.75, 3.05) is 11.4 Å². The number of fused-ring (bicyclic) bond motifs is 3. The summed E-state index contributed by atoms with van der Waals surface area (Å²) >= 11 is 0. The fraction of sp³-hybridized carbons (Fsp3) is 0.381. The zero-order valence-electron chi connectivity index (χ0n) is 15.6. The predicted molar refractivity (Wildman–Crippen MR) is 103 cm³/mol. The van der Waals surface area contributed by atoms with Crippen LogP contribution in [0, 0.1) is 12.8 Å². The molecule has 1 aliphatic rings. The second-order valence-electron chi connectivity index (χ2n) is 7.77. The molecule has 4 rings (SSSR count). The lowest BCUT2D eigenvalue weighted by Crippen LogP contribution is -2.49. The van der Waals surface area contributed by atoms with Crippen LogP contribution >= 0.6 is 0 Å². The second-order valence-corrected chi connectivity index (χ2v) is 7.77. The highest BCUT2D eigenvalue weighted by Crippen LogP contribution is 2.42. The molecule has 0 N–H and O–H groups in total. The number of benzene rings is 1. The van der Waals surface area contributed by atoms with Gasteiger partial charge in [0.15, 0.2) is 5.58 Å². The van der Waals surface area contributed by atoms with Gasteiger partial charge in [-0.3, -0.25) is 0 Å². The smallest absolute Gasteiger partial charge is 0.227 e. The fourth-order valence-corrected chi connectivity index (χ4v) is 3.73. The van der Waals surface area contributed by atoms with Gasteiger partial charge in [-0.1, -0.05) is 26.0 Å². The number of furan rings is 1. The average Bonchev–Trinajstić information content (AvgIpc) is 3.05. The summed E-state index contributed by atoms with van der Waals surface area (Å²) < 4.78 is 6.18. The lowest BCUT2D eigenvalue weighted by atomic mass is 10.0. The first kappa shape index (κ1) is 16.0. The van der Waals surface area contributed by atoms with Crippen molar-refractivity contribution in [3.05, 3.63) is 48.4 Å². The highest BCUT2D eigenvalue weighted by atomic mass is 16.3. The Balaban J connectivity index is 1.89. The lowest BCUT2D eigenvalue weighted by molar-refractivity contribution is 0.190. The van der Waals surface area contributed by atoms with Crippen molar-refractivity contribution in [3.8, 4) is 0 Å². The van der Waals surface area contributed by atoms with Crippen LogP contribution in [-0.2, 0) is 0 Å². The van der Waals surface area contributed by atoms with E-state index in [1.54, 1.807) is 6.20 Å². The van der Waals surface area contributed by atoms with Crippen molar-refractivity contribution >= 4 is 27.8 Å². The van der Waals surface area contributed by atoms with Crippen LogP contribution in [0.4, 0.5) is 5.69 Å². The maximum atomic E-state index is 6.18. The maximum Gasteiger partial charge on any atom is 0.227 e. The molecule has 130 valence electrons. The van der Waals surface area contributed by atoms with Crippen molar-refractivity contribution in [3.63, 3.8) is 0 Å². The van der Waals surface area contributed by atoms with Gasteiger partial charge < -0.3 is 14.2 Å². The van der Waals surface area contributed by atoms with Crippen LogP contribution in [0.2, 0.25) is 0 Å². The molecule has 4 heteroatoms. The van der Waals surface area contributed by atoms with Crippen molar-refractivity contribution in [1.82, 2.24) is 9.88 Å². The first-order valence-electron chi connectivity index (χ1n) is 8.91. The molecule has 1 aliphatic heterocycles. The molecule has 0 unspecified atom stereocenters. The molecule has 0 saturated carbocycles. The third-order valence-corrected chi connectivity index (χ3v) is 5.08. The van der Waals surface area contributed by atoms with E-state index < -0.39 is 0 Å². The van der Waals surface area contributed by atoms with Gasteiger partial charge in [0.25, 0.3) is 0 Å². The molecular weight excluding hydrogens is 310 g/mol. The topological polar surface area (TPSA) is 32.5 Å². The van der Waals surface area contributed by atoms with Gasteiger partial charge in [-0.15, -0.1) is 0 Å². The number of aromatic nitrogens is 1. The van der Waals surface area contributed by atoms with Crippen molar-refractivity contribution in [2.45, 2.75) is 40.3 Å². The number of aryl methyl sites for hydroxylation is 1. The molecule has 4 nitrogen and oxygen atoms in total. The van der Waals surface area contributed by atoms with Gasteiger partial charge >= 0.3 is 0 Å². The maximum absolute atomic E-state index is 6.18. The van der Waals surface area contributed by atoms with E-state index in [1.165, 1.54) is 5.56 Å². The third kappa shape index (κ3) is 2.39. The third-order valence-electron chi connectivity index (χ3n) is 5.08. The van der Waals surface area contributed by atoms with E-state index in [2.05, 4.69) is 80.0 Å². The van der Waals surface area contributed by atoms with Gasteiger partial charge in [0.05, 0.1) is 5.69 Å². The summed E-state index contributed by atoms with van der Waals surface area (Å²) in [7, 11) is 0. The fourth-order valence-electron chi connectivity index (χ4n) is 3.73. The van der Waals surface area contributed by atoms with Gasteiger partial charge in [0, 0.05) is 35.9 Å². The molecule has 0 saturated heterocycles. The van der Waals surface area contributed by atoms with Crippen LogP contribution < -0.4 is 4.90 Å². The molecule has 0 aliphatic carbocycles. The Morgan fingerprint density at radius 1 is 1.12 bits per heavy atom. The molecule has 2 aromatic heterocycles. The van der Waals surface area contributed by atoms with E-state index in [9.17, 15) is 0 Å². The highest BCUT2D eigenvalue weighted by Gasteiger charge is 2.37. The molecule has 0 radical (unpaired) electrons. The minimum Gasteiger partial charge on any atom is -0.435 e. The average molecular weight is 335 g/mol. The van der Waals surface area contributed by atoms with Gasteiger partial charge in [0.2, 0.25) is 5.71 Å². The number of hydrogen-bond donors (Lipinski definition) is 0. The monoisotopic (exact) mass is 335 g/mol. The molecule has 3 heterocycles. The second kappa shape index (κ2) is 5.51. The number of anilines is 1. The van der Waals surface area contributed by atoms with Crippen LogP contribution in [0.1, 0.15) is 33.3 Å². The molecular formula is C21H25N3O. The van der Waals surface area contributed by atoms with Crippen LogP contribution in [-0.4, -0.2) is 22.1 Å². The molecule has 1 aromatic carbocycles. The number of rotatable bonds is 3. The Labute approximate surface area is 148 Å². The van der Waals surface area contributed by atoms with Crippen molar-refractivity contribution < 1.29 is 4.42 Å². The molecule has 0 bridgehead atoms. The van der Waals surface area contributed by atoms with E-state index in [1.807, 2.05) is 6.07 Å². The summed E-state index contributed by atoms with van der Waals surface area (Å²) in [5, 5.41) is 2.19.